The van der Waals surface area contributed by atoms with Crippen molar-refractivity contribution in [2.24, 2.45) is 0 Å². The van der Waals surface area contributed by atoms with E-state index in [4.69, 9.17) is 0 Å². The van der Waals surface area contributed by atoms with E-state index in [0.717, 1.165) is 15.6 Å². The first kappa shape index (κ1) is 13.0. The Morgan fingerprint density at radius 3 is 2.25 bits per heavy atom. The van der Waals surface area contributed by atoms with Gasteiger partial charge in [0.2, 0.25) is 0 Å². The first-order chi connectivity index (χ1) is 7.47. The minimum Gasteiger partial charge on any atom is -0.166 e. The minimum absolute atomic E-state index is 0.581. The molecule has 0 aliphatic rings. The highest BCUT2D eigenvalue weighted by molar-refractivity contribution is 7.19. The minimum atomic E-state index is -4.25. The molecule has 0 saturated heterocycles. The molecule has 88 valence electrons. The van der Waals surface area contributed by atoms with Crippen molar-refractivity contribution >= 4 is 21.4 Å². The molecule has 1 aromatic carbocycles. The van der Waals surface area contributed by atoms with Gasteiger partial charge in [0.05, 0.1) is 5.56 Å². The second-order valence-corrected chi connectivity index (χ2v) is 4.40. The van der Waals surface area contributed by atoms with Crippen LogP contribution in [-0.4, -0.2) is 0 Å². The van der Waals surface area contributed by atoms with Crippen LogP contribution in [0.5, 0.6) is 0 Å². The van der Waals surface area contributed by atoms with Gasteiger partial charge in [0, 0.05) is 9.58 Å². The van der Waals surface area contributed by atoms with Crippen LogP contribution in [0.2, 0.25) is 0 Å². The van der Waals surface area contributed by atoms with Gasteiger partial charge in [-0.25, -0.2) is 0 Å². The third-order valence-electron chi connectivity index (χ3n) is 1.97. The summed E-state index contributed by atoms with van der Waals surface area (Å²) in [6.07, 6.45) is -4.25. The van der Waals surface area contributed by atoms with Crippen LogP contribution in [0, 0.1) is 6.92 Å². The first-order valence-electron chi connectivity index (χ1n) is 5.04. The number of thiophene rings is 1. The summed E-state index contributed by atoms with van der Waals surface area (Å²) < 4.78 is 37.9. The molecule has 0 unspecified atom stereocenters. The Kier molecular flexibility index (Phi) is 3.97. The van der Waals surface area contributed by atoms with E-state index >= 15 is 0 Å². The van der Waals surface area contributed by atoms with Gasteiger partial charge in [-0.3, -0.25) is 0 Å². The number of halogens is 3. The molecule has 1 heterocycles. The summed E-state index contributed by atoms with van der Waals surface area (Å²) in [5.41, 5.74) is -0.581. The fraction of sp³-hybridized carbons (Fsp3) is 0.333. The quantitative estimate of drug-likeness (QED) is 0.595. The number of hydrogen-bond donors (Lipinski definition) is 0. The van der Waals surface area contributed by atoms with E-state index in [-0.39, 0.29) is 0 Å². The lowest BCUT2D eigenvalue weighted by molar-refractivity contribution is -0.137. The highest BCUT2D eigenvalue weighted by Crippen LogP contribution is 2.33. The second kappa shape index (κ2) is 4.87. The monoisotopic (exact) mass is 246 g/mol. The topological polar surface area (TPSA) is 0 Å². The molecule has 0 aliphatic heterocycles. The van der Waals surface area contributed by atoms with Crippen LogP contribution < -0.4 is 0 Å². The largest absolute Gasteiger partial charge is 0.416 e. The fourth-order valence-corrected chi connectivity index (χ4v) is 2.26. The number of aryl methyl sites for hydroxylation is 1. The van der Waals surface area contributed by atoms with Crippen molar-refractivity contribution in [3.8, 4) is 0 Å². The molecule has 0 atom stereocenters. The van der Waals surface area contributed by atoms with E-state index in [1.807, 2.05) is 20.8 Å². The molecule has 0 radical (unpaired) electrons. The zero-order valence-corrected chi connectivity index (χ0v) is 10.2. The van der Waals surface area contributed by atoms with Crippen molar-refractivity contribution in [1.82, 2.24) is 0 Å². The Hall–Kier alpha value is -1.03. The number of rotatable bonds is 0. The van der Waals surface area contributed by atoms with Gasteiger partial charge in [-0.05, 0) is 36.6 Å². The average Bonchev–Trinajstić information content (AvgIpc) is 2.58. The van der Waals surface area contributed by atoms with Crippen LogP contribution in [0.3, 0.4) is 0 Å². The molecule has 0 aliphatic carbocycles. The Morgan fingerprint density at radius 1 is 1.06 bits per heavy atom. The maximum absolute atomic E-state index is 12.3. The second-order valence-electron chi connectivity index (χ2n) is 3.11. The molecular weight excluding hydrogens is 233 g/mol. The van der Waals surface area contributed by atoms with E-state index in [0.29, 0.717) is 5.39 Å². The van der Waals surface area contributed by atoms with Crippen LogP contribution in [-0.2, 0) is 6.18 Å². The summed E-state index contributed by atoms with van der Waals surface area (Å²) >= 11 is 1.50. The van der Waals surface area contributed by atoms with Gasteiger partial charge in [-0.2, -0.15) is 13.2 Å². The van der Waals surface area contributed by atoms with Crippen LogP contribution in [0.25, 0.3) is 10.1 Å². The lowest BCUT2D eigenvalue weighted by atomic mass is 10.1. The standard InChI is InChI=1S/C10H7F3S.C2H6/c1-6-4-7-5-8(10(11,12)13)2-3-9(7)14-6;1-2/h2-5H,1H3;1-2H3. The summed E-state index contributed by atoms with van der Waals surface area (Å²) in [6, 6.07) is 5.61. The van der Waals surface area contributed by atoms with Crippen molar-refractivity contribution in [2.45, 2.75) is 26.9 Å². The maximum Gasteiger partial charge on any atom is 0.416 e. The van der Waals surface area contributed by atoms with Gasteiger partial charge in [-0.1, -0.05) is 13.8 Å². The molecule has 0 amide bonds. The predicted octanol–water partition coefficient (Wildman–Crippen LogP) is 5.25. The van der Waals surface area contributed by atoms with Crippen LogP contribution in [0.1, 0.15) is 24.3 Å². The zero-order valence-electron chi connectivity index (χ0n) is 9.35. The number of hydrogen-bond acceptors (Lipinski definition) is 1. The van der Waals surface area contributed by atoms with E-state index < -0.39 is 11.7 Å². The molecule has 0 bridgehead atoms. The van der Waals surface area contributed by atoms with Gasteiger partial charge in [-0.15, -0.1) is 11.3 Å². The van der Waals surface area contributed by atoms with Crippen molar-refractivity contribution in [3.63, 3.8) is 0 Å². The van der Waals surface area contributed by atoms with Gasteiger partial charge >= 0.3 is 6.18 Å². The van der Waals surface area contributed by atoms with Gasteiger partial charge in [0.15, 0.2) is 0 Å². The Morgan fingerprint density at radius 2 is 1.69 bits per heavy atom. The van der Waals surface area contributed by atoms with Gasteiger partial charge in [0.1, 0.15) is 0 Å². The summed E-state index contributed by atoms with van der Waals surface area (Å²) in [4.78, 5) is 1.03. The molecule has 0 fully saturated rings. The summed E-state index contributed by atoms with van der Waals surface area (Å²) in [7, 11) is 0. The lowest BCUT2D eigenvalue weighted by Gasteiger charge is -2.05. The van der Waals surface area contributed by atoms with Crippen molar-refractivity contribution in [3.05, 3.63) is 34.7 Å². The number of benzene rings is 1. The fourth-order valence-electron chi connectivity index (χ4n) is 1.35. The highest BCUT2D eigenvalue weighted by atomic mass is 32.1. The Balaban J connectivity index is 0.000000606. The third kappa shape index (κ3) is 2.76. The van der Waals surface area contributed by atoms with Crippen LogP contribution in [0.15, 0.2) is 24.3 Å². The molecule has 0 nitrogen and oxygen atoms in total. The lowest BCUT2D eigenvalue weighted by Crippen LogP contribution is -2.03. The highest BCUT2D eigenvalue weighted by Gasteiger charge is 2.30. The average molecular weight is 246 g/mol. The van der Waals surface area contributed by atoms with Gasteiger partial charge in [0.25, 0.3) is 0 Å². The molecule has 4 heteroatoms. The molecule has 16 heavy (non-hydrogen) atoms. The van der Waals surface area contributed by atoms with E-state index in [1.165, 1.54) is 23.5 Å². The van der Waals surface area contributed by atoms with Gasteiger partial charge < -0.3 is 0 Å². The van der Waals surface area contributed by atoms with E-state index in [2.05, 4.69) is 0 Å². The summed E-state index contributed by atoms with van der Waals surface area (Å²) in [5, 5.41) is 0.669. The Bertz CT molecular complexity index is 469. The maximum atomic E-state index is 12.3. The number of alkyl halides is 3. The molecule has 1 aromatic heterocycles. The molecule has 0 saturated carbocycles. The first-order valence-corrected chi connectivity index (χ1v) is 5.86. The third-order valence-corrected chi connectivity index (χ3v) is 3.00. The molecule has 2 rings (SSSR count). The predicted molar refractivity (Wildman–Crippen MR) is 62.9 cm³/mol. The molecule has 0 spiro atoms. The smallest absolute Gasteiger partial charge is 0.166 e. The van der Waals surface area contributed by atoms with Crippen molar-refractivity contribution in [2.75, 3.05) is 0 Å². The Labute approximate surface area is 96.7 Å². The normalized spacial score (nSPS) is 11.1. The van der Waals surface area contributed by atoms with E-state index in [1.54, 1.807) is 6.07 Å². The zero-order chi connectivity index (χ0) is 12.3. The molecule has 0 N–H and O–H groups in total. The van der Waals surface area contributed by atoms with Crippen molar-refractivity contribution < 1.29 is 13.2 Å². The number of fused-ring (bicyclic) bond motifs is 1. The molecule has 2 aromatic rings. The van der Waals surface area contributed by atoms with E-state index in [9.17, 15) is 13.2 Å². The summed E-state index contributed by atoms with van der Waals surface area (Å²) in [5.74, 6) is 0. The summed E-state index contributed by atoms with van der Waals surface area (Å²) in [6.45, 7) is 5.89. The SMILES string of the molecule is CC.Cc1cc2cc(C(F)(F)F)ccc2s1. The van der Waals surface area contributed by atoms with Crippen molar-refractivity contribution in [1.29, 1.82) is 0 Å². The van der Waals surface area contributed by atoms with Crippen LogP contribution >= 0.6 is 11.3 Å². The molecular formula is C12H13F3S. The van der Waals surface area contributed by atoms with Crippen LogP contribution in [0.4, 0.5) is 13.2 Å².